The van der Waals surface area contributed by atoms with Crippen molar-refractivity contribution >= 4 is 11.3 Å². The molecule has 1 N–H and O–H groups in total. The Balaban J connectivity index is 1.71. The predicted molar refractivity (Wildman–Crippen MR) is 65.4 cm³/mol. The van der Waals surface area contributed by atoms with Crippen LogP contribution < -0.4 is 5.32 Å². The van der Waals surface area contributed by atoms with E-state index in [1.807, 2.05) is 17.5 Å². The summed E-state index contributed by atoms with van der Waals surface area (Å²) in [4.78, 5) is 5.68. The topological polar surface area (TPSA) is 24.9 Å². The van der Waals surface area contributed by atoms with E-state index in [0.717, 1.165) is 13.0 Å². The first kappa shape index (κ1) is 11.1. The molecule has 0 radical (unpaired) electrons. The van der Waals surface area contributed by atoms with E-state index < -0.39 is 0 Å². The first-order chi connectivity index (χ1) is 7.10. The first-order valence-electron chi connectivity index (χ1n) is 5.75. The molecule has 0 aliphatic heterocycles. The lowest BCUT2D eigenvalue weighted by Gasteiger charge is -2.19. The Morgan fingerprint density at radius 3 is 2.87 bits per heavy atom. The number of hydrogen-bond acceptors (Lipinski definition) is 3. The van der Waals surface area contributed by atoms with Crippen molar-refractivity contribution < 1.29 is 0 Å². The molecule has 15 heavy (non-hydrogen) atoms. The van der Waals surface area contributed by atoms with Gasteiger partial charge in [-0.3, -0.25) is 0 Å². The van der Waals surface area contributed by atoms with Gasteiger partial charge in [0.1, 0.15) is 0 Å². The van der Waals surface area contributed by atoms with E-state index in [4.69, 9.17) is 0 Å². The molecule has 0 saturated heterocycles. The Morgan fingerprint density at radius 1 is 1.60 bits per heavy atom. The van der Waals surface area contributed by atoms with E-state index >= 15 is 0 Å². The molecule has 1 aromatic heterocycles. The van der Waals surface area contributed by atoms with Crippen molar-refractivity contribution in [2.24, 2.45) is 5.41 Å². The molecule has 3 heteroatoms. The first-order valence-corrected chi connectivity index (χ1v) is 6.56. The van der Waals surface area contributed by atoms with Crippen LogP contribution in [0.25, 0.3) is 0 Å². The fourth-order valence-corrected chi connectivity index (χ4v) is 2.58. The molecule has 0 spiro atoms. The quantitative estimate of drug-likeness (QED) is 0.832. The van der Waals surface area contributed by atoms with E-state index in [0.29, 0.717) is 11.5 Å². The molecule has 0 aromatic carbocycles. The van der Waals surface area contributed by atoms with E-state index in [1.54, 1.807) is 0 Å². The fraction of sp³-hybridized carbons (Fsp3) is 0.750. The summed E-state index contributed by atoms with van der Waals surface area (Å²) in [5, 5.41) is 4.87. The lowest BCUT2D eigenvalue weighted by atomic mass is 10.0. The number of hydrogen-bond donors (Lipinski definition) is 1. The van der Waals surface area contributed by atoms with Gasteiger partial charge in [0.25, 0.3) is 0 Å². The van der Waals surface area contributed by atoms with Gasteiger partial charge in [-0.15, -0.1) is 11.3 Å². The van der Waals surface area contributed by atoms with Crippen LogP contribution in [0.4, 0.5) is 0 Å². The van der Waals surface area contributed by atoms with Crippen LogP contribution in [0.2, 0.25) is 0 Å². The van der Waals surface area contributed by atoms with E-state index in [9.17, 15) is 0 Å². The van der Waals surface area contributed by atoms with Gasteiger partial charge in [0.2, 0.25) is 0 Å². The van der Waals surface area contributed by atoms with Gasteiger partial charge in [0, 0.05) is 30.1 Å². The lowest BCUT2D eigenvalue weighted by molar-refractivity contribution is 0.383. The molecule has 1 fully saturated rings. The van der Waals surface area contributed by atoms with Crippen molar-refractivity contribution in [2.45, 2.75) is 46.1 Å². The Morgan fingerprint density at radius 2 is 2.33 bits per heavy atom. The van der Waals surface area contributed by atoms with Crippen LogP contribution in [0.3, 0.4) is 0 Å². The zero-order chi connectivity index (χ0) is 10.9. The minimum atomic E-state index is 0.582. The predicted octanol–water partition coefficient (Wildman–Crippen LogP) is 2.77. The SMILES string of the molecule is Cc1cnc(CCNC(C)C2(C)CC2)s1. The Kier molecular flexibility index (Phi) is 3.12. The van der Waals surface area contributed by atoms with Crippen LogP contribution in [-0.4, -0.2) is 17.6 Å². The summed E-state index contributed by atoms with van der Waals surface area (Å²) < 4.78 is 0. The highest BCUT2D eigenvalue weighted by atomic mass is 32.1. The summed E-state index contributed by atoms with van der Waals surface area (Å²) in [6.45, 7) is 7.85. The van der Waals surface area contributed by atoms with Gasteiger partial charge >= 0.3 is 0 Å². The van der Waals surface area contributed by atoms with E-state index in [2.05, 4.69) is 31.1 Å². The Bertz CT molecular complexity index is 328. The summed E-state index contributed by atoms with van der Waals surface area (Å²) in [5.74, 6) is 0. The molecule has 1 atom stereocenters. The Labute approximate surface area is 96.1 Å². The Hall–Kier alpha value is -0.410. The number of rotatable bonds is 5. The van der Waals surface area contributed by atoms with Crippen LogP contribution in [0.5, 0.6) is 0 Å². The second-order valence-electron chi connectivity index (χ2n) is 4.94. The minimum Gasteiger partial charge on any atom is -0.313 e. The van der Waals surface area contributed by atoms with Crippen molar-refractivity contribution in [2.75, 3.05) is 6.54 Å². The molecule has 0 bridgehead atoms. The van der Waals surface area contributed by atoms with Crippen molar-refractivity contribution in [3.8, 4) is 0 Å². The third kappa shape index (κ3) is 2.79. The summed E-state index contributed by atoms with van der Waals surface area (Å²) in [5.41, 5.74) is 0.582. The standard InChI is InChI=1S/C12H20N2S/c1-9-8-14-11(15-9)4-7-13-10(2)12(3)5-6-12/h8,10,13H,4-7H2,1-3H3. The van der Waals surface area contributed by atoms with Gasteiger partial charge in [-0.25, -0.2) is 4.98 Å². The third-order valence-electron chi connectivity index (χ3n) is 3.54. The monoisotopic (exact) mass is 224 g/mol. The average molecular weight is 224 g/mol. The van der Waals surface area contributed by atoms with Crippen LogP contribution in [0.15, 0.2) is 6.20 Å². The maximum Gasteiger partial charge on any atom is 0.0940 e. The third-order valence-corrected chi connectivity index (χ3v) is 4.52. The maximum atomic E-state index is 4.37. The highest BCUT2D eigenvalue weighted by Crippen LogP contribution is 2.47. The van der Waals surface area contributed by atoms with Crippen molar-refractivity contribution in [1.82, 2.24) is 10.3 Å². The molecule has 1 unspecified atom stereocenters. The van der Waals surface area contributed by atoms with Crippen LogP contribution in [-0.2, 0) is 6.42 Å². The van der Waals surface area contributed by atoms with Gasteiger partial charge in [-0.05, 0) is 32.1 Å². The van der Waals surface area contributed by atoms with Gasteiger partial charge < -0.3 is 5.32 Å². The maximum absolute atomic E-state index is 4.37. The summed E-state index contributed by atoms with van der Waals surface area (Å²) in [6.07, 6.45) is 5.81. The summed E-state index contributed by atoms with van der Waals surface area (Å²) in [6, 6.07) is 0.651. The molecule has 1 aliphatic rings. The van der Waals surface area contributed by atoms with Gasteiger partial charge in [-0.1, -0.05) is 6.92 Å². The van der Waals surface area contributed by atoms with Crippen LogP contribution in [0, 0.1) is 12.3 Å². The van der Waals surface area contributed by atoms with Crippen molar-refractivity contribution in [1.29, 1.82) is 0 Å². The molecule has 0 amide bonds. The molecule has 2 rings (SSSR count). The zero-order valence-corrected chi connectivity index (χ0v) is 10.7. The number of nitrogens with one attached hydrogen (secondary N) is 1. The van der Waals surface area contributed by atoms with E-state index in [1.165, 1.54) is 22.7 Å². The van der Waals surface area contributed by atoms with E-state index in [-0.39, 0.29) is 0 Å². The van der Waals surface area contributed by atoms with Crippen LogP contribution in [0.1, 0.15) is 36.6 Å². The van der Waals surface area contributed by atoms with Crippen molar-refractivity contribution in [3.63, 3.8) is 0 Å². The van der Waals surface area contributed by atoms with Gasteiger partial charge in [0.05, 0.1) is 5.01 Å². The van der Waals surface area contributed by atoms with Gasteiger partial charge in [0.15, 0.2) is 0 Å². The fourth-order valence-electron chi connectivity index (χ4n) is 1.79. The molecule has 1 heterocycles. The number of aromatic nitrogens is 1. The second-order valence-corrected chi connectivity index (χ2v) is 6.26. The largest absolute Gasteiger partial charge is 0.313 e. The van der Waals surface area contributed by atoms with Gasteiger partial charge in [-0.2, -0.15) is 0 Å². The minimum absolute atomic E-state index is 0.582. The number of aryl methyl sites for hydroxylation is 1. The molecular formula is C12H20N2S. The highest BCUT2D eigenvalue weighted by Gasteiger charge is 2.41. The zero-order valence-electron chi connectivity index (χ0n) is 9.84. The van der Waals surface area contributed by atoms with Crippen molar-refractivity contribution in [3.05, 3.63) is 16.1 Å². The number of thiazole rings is 1. The molecule has 1 saturated carbocycles. The normalized spacial score (nSPS) is 20.2. The summed E-state index contributed by atoms with van der Waals surface area (Å²) in [7, 11) is 0. The molecule has 1 aromatic rings. The average Bonchev–Trinajstić information content (AvgIpc) is 2.81. The molecule has 84 valence electrons. The molecule has 2 nitrogen and oxygen atoms in total. The number of nitrogens with zero attached hydrogens (tertiary/aromatic N) is 1. The van der Waals surface area contributed by atoms with Crippen LogP contribution >= 0.6 is 11.3 Å². The highest BCUT2D eigenvalue weighted by molar-refractivity contribution is 7.11. The smallest absolute Gasteiger partial charge is 0.0940 e. The summed E-state index contributed by atoms with van der Waals surface area (Å²) >= 11 is 1.81. The lowest BCUT2D eigenvalue weighted by Crippen LogP contribution is -2.34. The molecular weight excluding hydrogens is 204 g/mol. The second kappa shape index (κ2) is 4.22. The molecule has 1 aliphatic carbocycles.